The summed E-state index contributed by atoms with van der Waals surface area (Å²) in [5, 5.41) is 5.02. The van der Waals surface area contributed by atoms with Gasteiger partial charge in [0.1, 0.15) is 0 Å². The Morgan fingerprint density at radius 1 is 1.29 bits per heavy atom. The molecule has 128 valence electrons. The van der Waals surface area contributed by atoms with Crippen LogP contribution < -0.4 is 0 Å². The molecule has 0 fully saturated rings. The van der Waals surface area contributed by atoms with E-state index < -0.39 is 0 Å². The Balaban J connectivity index is 1.77. The molecule has 0 spiro atoms. The van der Waals surface area contributed by atoms with Gasteiger partial charge in [0.15, 0.2) is 10.9 Å². The van der Waals surface area contributed by atoms with Gasteiger partial charge in [0.05, 0.1) is 17.2 Å². The van der Waals surface area contributed by atoms with E-state index in [-0.39, 0.29) is 5.25 Å². The molecule has 0 saturated carbocycles. The number of hydrogen-bond donors (Lipinski definition) is 0. The number of aryl methyl sites for hydroxylation is 1. The Morgan fingerprint density at radius 3 is 2.83 bits per heavy atom. The van der Waals surface area contributed by atoms with Gasteiger partial charge >= 0.3 is 0 Å². The van der Waals surface area contributed by atoms with Crippen LogP contribution in [0.25, 0.3) is 11.6 Å². The van der Waals surface area contributed by atoms with E-state index in [0.717, 1.165) is 30.2 Å². The molecule has 7 heteroatoms. The topological polar surface area (TPSA) is 69.9 Å². The fourth-order valence-corrected chi connectivity index (χ4v) is 3.47. The summed E-state index contributed by atoms with van der Waals surface area (Å²) in [5.41, 5.74) is 2.29. The molecule has 3 heterocycles. The van der Waals surface area contributed by atoms with Crippen LogP contribution in [0.5, 0.6) is 0 Å². The number of rotatable bonds is 7. The third-order valence-corrected chi connectivity index (χ3v) is 5.05. The average molecular weight is 346 g/mol. The third kappa shape index (κ3) is 3.40. The van der Waals surface area contributed by atoms with Gasteiger partial charge in [-0.25, -0.2) is 4.98 Å². The van der Waals surface area contributed by atoms with Crippen molar-refractivity contribution in [2.75, 3.05) is 0 Å². The second-order valence-corrected chi connectivity index (χ2v) is 7.07. The first-order valence-electron chi connectivity index (χ1n) is 8.18. The molecule has 0 aliphatic rings. The van der Waals surface area contributed by atoms with E-state index in [1.54, 1.807) is 24.1 Å². The molecule has 1 unspecified atom stereocenters. The van der Waals surface area contributed by atoms with Gasteiger partial charge in [0.2, 0.25) is 11.7 Å². The zero-order valence-corrected chi connectivity index (χ0v) is 15.3. The van der Waals surface area contributed by atoms with Crippen molar-refractivity contribution in [1.82, 2.24) is 19.7 Å². The maximum Gasteiger partial charge on any atom is 0.240 e. The molecule has 0 aliphatic carbocycles. The molecule has 1 atom stereocenters. The first kappa shape index (κ1) is 16.8. The van der Waals surface area contributed by atoms with Gasteiger partial charge in [-0.05, 0) is 39.3 Å². The Bertz CT molecular complexity index is 792. The molecule has 0 radical (unpaired) electrons. The molecule has 0 amide bonds. The van der Waals surface area contributed by atoms with Crippen LogP contribution >= 0.6 is 11.8 Å². The molecule has 0 aromatic carbocycles. The number of furan rings is 1. The lowest BCUT2D eigenvalue weighted by molar-refractivity contribution is 0.379. The molecular weight excluding hydrogens is 324 g/mol. The minimum atomic E-state index is 0.0165. The van der Waals surface area contributed by atoms with Crippen LogP contribution in [0.1, 0.15) is 49.2 Å². The standard InChI is InChI=1S/C17H22N4O2S/c1-5-6-9-21-12(3)11(2)18-17(21)24-13(4)16-19-15(20-23-16)14-8-7-10-22-14/h7-8,10,13H,5-6,9H2,1-4H3. The summed E-state index contributed by atoms with van der Waals surface area (Å²) >= 11 is 1.64. The van der Waals surface area contributed by atoms with Crippen molar-refractivity contribution in [3.05, 3.63) is 35.7 Å². The summed E-state index contributed by atoms with van der Waals surface area (Å²) < 4.78 is 13.0. The number of nitrogens with zero attached hydrogens (tertiary/aromatic N) is 4. The second-order valence-electron chi connectivity index (χ2n) is 5.76. The molecule has 3 rings (SSSR count). The van der Waals surface area contributed by atoms with E-state index >= 15 is 0 Å². The molecule has 0 aliphatic heterocycles. The van der Waals surface area contributed by atoms with Crippen LogP contribution in [0, 0.1) is 13.8 Å². The van der Waals surface area contributed by atoms with Crippen molar-refractivity contribution in [2.24, 2.45) is 0 Å². The summed E-state index contributed by atoms with van der Waals surface area (Å²) in [6.07, 6.45) is 3.90. The first-order valence-corrected chi connectivity index (χ1v) is 9.06. The zero-order chi connectivity index (χ0) is 17.1. The quantitative estimate of drug-likeness (QED) is 0.573. The smallest absolute Gasteiger partial charge is 0.240 e. The van der Waals surface area contributed by atoms with Crippen molar-refractivity contribution < 1.29 is 8.94 Å². The molecule has 0 N–H and O–H groups in total. The lowest BCUT2D eigenvalue weighted by Gasteiger charge is -2.11. The summed E-state index contributed by atoms with van der Waals surface area (Å²) in [6.45, 7) is 9.40. The van der Waals surface area contributed by atoms with Crippen LogP contribution in [0.2, 0.25) is 0 Å². The number of aromatic nitrogens is 4. The summed E-state index contributed by atoms with van der Waals surface area (Å²) in [7, 11) is 0. The van der Waals surface area contributed by atoms with E-state index in [1.807, 2.05) is 19.9 Å². The van der Waals surface area contributed by atoms with Crippen LogP contribution in [0.15, 0.2) is 32.5 Å². The Kier molecular flexibility index (Phi) is 5.08. The zero-order valence-electron chi connectivity index (χ0n) is 14.4. The van der Waals surface area contributed by atoms with Crippen molar-refractivity contribution in [3.63, 3.8) is 0 Å². The van der Waals surface area contributed by atoms with Gasteiger partial charge in [-0.2, -0.15) is 4.98 Å². The highest BCUT2D eigenvalue weighted by atomic mass is 32.2. The monoisotopic (exact) mass is 346 g/mol. The number of unbranched alkanes of at least 4 members (excludes halogenated alkanes) is 1. The van der Waals surface area contributed by atoms with Gasteiger partial charge in [-0.1, -0.05) is 30.3 Å². The molecule has 24 heavy (non-hydrogen) atoms. The van der Waals surface area contributed by atoms with Crippen molar-refractivity contribution in [2.45, 2.75) is 57.5 Å². The molecule has 3 aromatic heterocycles. The number of thioether (sulfide) groups is 1. The number of hydrogen-bond acceptors (Lipinski definition) is 6. The molecule has 0 bridgehead atoms. The Hall–Kier alpha value is -2.02. The highest BCUT2D eigenvalue weighted by molar-refractivity contribution is 7.99. The van der Waals surface area contributed by atoms with Gasteiger partial charge in [-0.15, -0.1) is 0 Å². The normalized spacial score (nSPS) is 12.7. The summed E-state index contributed by atoms with van der Waals surface area (Å²) in [6, 6.07) is 3.62. The molecule has 6 nitrogen and oxygen atoms in total. The van der Waals surface area contributed by atoms with Gasteiger partial charge in [-0.3, -0.25) is 0 Å². The van der Waals surface area contributed by atoms with Crippen LogP contribution in [0.3, 0.4) is 0 Å². The highest BCUT2D eigenvalue weighted by Crippen LogP contribution is 2.35. The van der Waals surface area contributed by atoms with Gasteiger partial charge < -0.3 is 13.5 Å². The minimum Gasteiger partial charge on any atom is -0.461 e. The Labute approximate surface area is 145 Å². The van der Waals surface area contributed by atoms with Crippen LogP contribution in [0.4, 0.5) is 0 Å². The van der Waals surface area contributed by atoms with Crippen LogP contribution in [-0.2, 0) is 6.54 Å². The van der Waals surface area contributed by atoms with E-state index in [0.29, 0.717) is 17.5 Å². The van der Waals surface area contributed by atoms with E-state index in [9.17, 15) is 0 Å². The van der Waals surface area contributed by atoms with Gasteiger partial charge in [0, 0.05) is 12.2 Å². The summed E-state index contributed by atoms with van der Waals surface area (Å²) in [5.74, 6) is 1.66. The maximum atomic E-state index is 5.40. The van der Waals surface area contributed by atoms with Crippen LogP contribution in [-0.4, -0.2) is 19.7 Å². The second kappa shape index (κ2) is 7.25. The number of imidazole rings is 1. The largest absolute Gasteiger partial charge is 0.461 e. The van der Waals surface area contributed by atoms with E-state index in [1.165, 1.54) is 5.69 Å². The van der Waals surface area contributed by atoms with E-state index in [4.69, 9.17) is 13.9 Å². The minimum absolute atomic E-state index is 0.0165. The molecule has 3 aromatic rings. The first-order chi connectivity index (χ1) is 11.6. The lowest BCUT2D eigenvalue weighted by atomic mass is 10.3. The maximum absolute atomic E-state index is 5.40. The van der Waals surface area contributed by atoms with Crippen molar-refractivity contribution >= 4 is 11.8 Å². The SMILES string of the molecule is CCCCn1c(SC(C)c2nc(-c3ccco3)no2)nc(C)c1C. The van der Waals surface area contributed by atoms with Crippen molar-refractivity contribution in [1.29, 1.82) is 0 Å². The van der Waals surface area contributed by atoms with Crippen molar-refractivity contribution in [3.8, 4) is 11.6 Å². The third-order valence-electron chi connectivity index (χ3n) is 3.97. The fourth-order valence-electron chi connectivity index (χ4n) is 2.41. The lowest BCUT2D eigenvalue weighted by Crippen LogP contribution is -2.03. The molecule has 0 saturated heterocycles. The summed E-state index contributed by atoms with van der Waals surface area (Å²) in [4.78, 5) is 9.14. The predicted octanol–water partition coefficient (Wildman–Crippen LogP) is 4.80. The highest BCUT2D eigenvalue weighted by Gasteiger charge is 2.21. The van der Waals surface area contributed by atoms with E-state index in [2.05, 4.69) is 28.6 Å². The molecular formula is C17H22N4O2S. The predicted molar refractivity (Wildman–Crippen MR) is 92.9 cm³/mol. The fraction of sp³-hybridized carbons (Fsp3) is 0.471. The van der Waals surface area contributed by atoms with Gasteiger partial charge in [0.25, 0.3) is 0 Å². The average Bonchev–Trinajstić information content (AvgIpc) is 3.28. The Morgan fingerprint density at radius 2 is 2.12 bits per heavy atom.